The summed E-state index contributed by atoms with van der Waals surface area (Å²) in [5, 5.41) is 4.05. The first kappa shape index (κ1) is 18.7. The largest absolute Gasteiger partial charge is 0.497 e. The Hall–Kier alpha value is -3.08. The molecular weight excluding hydrogens is 340 g/mol. The van der Waals surface area contributed by atoms with E-state index in [1.165, 1.54) is 11.2 Å². The smallest absolute Gasteiger partial charge is 0.220 e. The van der Waals surface area contributed by atoms with E-state index in [1.807, 2.05) is 13.1 Å². The fraction of sp³-hybridized carbons (Fsp3) is 0.273. The first-order chi connectivity index (χ1) is 13.0. The molecule has 1 amide bonds. The van der Waals surface area contributed by atoms with Gasteiger partial charge in [-0.25, -0.2) is 0 Å². The summed E-state index contributed by atoms with van der Waals surface area (Å²) < 4.78 is 7.27. The topological polar surface area (TPSA) is 60.3 Å². The standard InChI is InChI=1S/C22H24N2O3/c1-15-11-18-12-16(7-8-20(18)24(15)2)14-23-22(26)10-9-21(25)17-5-4-6-19(13-17)27-3/h4-8,11-13H,9-10,14H2,1-3H3,(H,23,26). The molecule has 3 aromatic rings. The molecule has 27 heavy (non-hydrogen) atoms. The van der Waals surface area contributed by atoms with Crippen molar-refractivity contribution in [2.24, 2.45) is 7.05 Å². The molecule has 0 radical (unpaired) electrons. The van der Waals surface area contributed by atoms with Crippen molar-refractivity contribution in [3.8, 4) is 5.75 Å². The summed E-state index contributed by atoms with van der Waals surface area (Å²) in [6, 6.07) is 15.3. The van der Waals surface area contributed by atoms with Gasteiger partial charge in [0.15, 0.2) is 5.78 Å². The molecule has 0 aliphatic heterocycles. The number of aryl methyl sites for hydroxylation is 2. The van der Waals surface area contributed by atoms with Gasteiger partial charge in [0.05, 0.1) is 7.11 Å². The van der Waals surface area contributed by atoms with Crippen molar-refractivity contribution in [1.29, 1.82) is 0 Å². The third-order valence-electron chi connectivity index (χ3n) is 4.81. The first-order valence-electron chi connectivity index (χ1n) is 8.97. The third-order valence-corrected chi connectivity index (χ3v) is 4.81. The van der Waals surface area contributed by atoms with Crippen LogP contribution in [-0.4, -0.2) is 23.4 Å². The van der Waals surface area contributed by atoms with Crippen LogP contribution in [0.5, 0.6) is 5.75 Å². The molecule has 0 bridgehead atoms. The summed E-state index contributed by atoms with van der Waals surface area (Å²) in [5.41, 5.74) is 3.97. The molecule has 0 aliphatic carbocycles. The van der Waals surface area contributed by atoms with Crippen LogP contribution in [-0.2, 0) is 18.4 Å². The Kier molecular flexibility index (Phi) is 5.60. The van der Waals surface area contributed by atoms with E-state index in [0.29, 0.717) is 17.9 Å². The molecule has 0 unspecified atom stereocenters. The van der Waals surface area contributed by atoms with Crippen LogP contribution in [0.1, 0.15) is 34.5 Å². The molecule has 3 rings (SSSR count). The molecule has 0 saturated carbocycles. The summed E-state index contributed by atoms with van der Waals surface area (Å²) in [4.78, 5) is 24.3. The van der Waals surface area contributed by atoms with Gasteiger partial charge in [0.2, 0.25) is 5.91 Å². The minimum atomic E-state index is -0.129. The molecule has 1 N–H and O–H groups in total. The lowest BCUT2D eigenvalue weighted by Gasteiger charge is -2.07. The molecule has 1 heterocycles. The van der Waals surface area contributed by atoms with Gasteiger partial charge in [0.1, 0.15) is 5.75 Å². The lowest BCUT2D eigenvalue weighted by atomic mass is 10.1. The van der Waals surface area contributed by atoms with Crippen molar-refractivity contribution >= 4 is 22.6 Å². The van der Waals surface area contributed by atoms with Crippen molar-refractivity contribution in [2.45, 2.75) is 26.3 Å². The second-order valence-corrected chi connectivity index (χ2v) is 6.67. The van der Waals surface area contributed by atoms with E-state index in [9.17, 15) is 9.59 Å². The van der Waals surface area contributed by atoms with Gasteiger partial charge in [-0.2, -0.15) is 0 Å². The minimum Gasteiger partial charge on any atom is -0.497 e. The second kappa shape index (κ2) is 8.08. The van der Waals surface area contributed by atoms with Crippen molar-refractivity contribution in [3.63, 3.8) is 0 Å². The van der Waals surface area contributed by atoms with Gasteiger partial charge in [0.25, 0.3) is 0 Å². The summed E-state index contributed by atoms with van der Waals surface area (Å²) in [6.07, 6.45) is 0.346. The number of fused-ring (bicyclic) bond motifs is 1. The SMILES string of the molecule is COc1cccc(C(=O)CCC(=O)NCc2ccc3c(c2)cc(C)n3C)c1. The van der Waals surface area contributed by atoms with Crippen LogP contribution in [0, 0.1) is 6.92 Å². The van der Waals surface area contributed by atoms with Gasteiger partial charge in [-0.05, 0) is 42.8 Å². The van der Waals surface area contributed by atoms with Gasteiger partial charge >= 0.3 is 0 Å². The Labute approximate surface area is 158 Å². The average Bonchev–Trinajstić information content (AvgIpc) is 2.97. The molecular formula is C22H24N2O3. The number of ketones is 1. The summed E-state index contributed by atoms with van der Waals surface area (Å²) in [5.74, 6) is 0.442. The Morgan fingerprint density at radius 3 is 2.67 bits per heavy atom. The van der Waals surface area contributed by atoms with Crippen LogP contribution >= 0.6 is 0 Å². The number of hydrogen-bond acceptors (Lipinski definition) is 3. The van der Waals surface area contributed by atoms with E-state index in [4.69, 9.17) is 4.74 Å². The zero-order chi connectivity index (χ0) is 19.4. The number of rotatable bonds is 7. The van der Waals surface area contributed by atoms with E-state index >= 15 is 0 Å². The molecule has 0 fully saturated rings. The van der Waals surface area contributed by atoms with Crippen LogP contribution in [0.25, 0.3) is 10.9 Å². The Morgan fingerprint density at radius 1 is 1.07 bits per heavy atom. The third kappa shape index (κ3) is 4.37. The zero-order valence-corrected chi connectivity index (χ0v) is 15.9. The maximum Gasteiger partial charge on any atom is 0.220 e. The Morgan fingerprint density at radius 2 is 1.89 bits per heavy atom. The minimum absolute atomic E-state index is 0.0646. The number of aromatic nitrogens is 1. The summed E-state index contributed by atoms with van der Waals surface area (Å²) in [6.45, 7) is 2.52. The number of ether oxygens (including phenoxy) is 1. The van der Waals surface area contributed by atoms with Crippen LogP contribution in [0.3, 0.4) is 0 Å². The maximum absolute atomic E-state index is 12.2. The fourth-order valence-electron chi connectivity index (χ4n) is 3.10. The Balaban J connectivity index is 1.53. The maximum atomic E-state index is 12.2. The molecule has 140 valence electrons. The highest BCUT2D eigenvalue weighted by molar-refractivity contribution is 5.98. The van der Waals surface area contributed by atoms with E-state index in [-0.39, 0.29) is 24.5 Å². The molecule has 0 aliphatic rings. The van der Waals surface area contributed by atoms with E-state index in [2.05, 4.69) is 35.0 Å². The fourth-order valence-corrected chi connectivity index (χ4v) is 3.10. The normalized spacial score (nSPS) is 10.8. The number of carbonyl (C=O) groups excluding carboxylic acids is 2. The lowest BCUT2D eigenvalue weighted by Crippen LogP contribution is -2.23. The van der Waals surface area contributed by atoms with Crippen molar-refractivity contribution in [3.05, 3.63) is 65.4 Å². The van der Waals surface area contributed by atoms with Gasteiger partial charge in [-0.1, -0.05) is 18.2 Å². The quantitative estimate of drug-likeness (QED) is 0.649. The monoisotopic (exact) mass is 364 g/mol. The number of amides is 1. The molecule has 0 atom stereocenters. The van der Waals surface area contributed by atoms with Crippen molar-refractivity contribution < 1.29 is 14.3 Å². The number of benzene rings is 2. The molecule has 2 aromatic carbocycles. The molecule has 5 heteroatoms. The molecule has 1 aromatic heterocycles. The molecule has 0 spiro atoms. The predicted molar refractivity (Wildman–Crippen MR) is 106 cm³/mol. The number of carbonyl (C=O) groups is 2. The Bertz CT molecular complexity index is 988. The van der Waals surface area contributed by atoms with Gasteiger partial charge in [0, 0.05) is 48.6 Å². The molecule has 5 nitrogen and oxygen atoms in total. The average molecular weight is 364 g/mol. The number of methoxy groups -OCH3 is 1. The van der Waals surface area contributed by atoms with Crippen LogP contribution in [0.4, 0.5) is 0 Å². The number of nitrogens with one attached hydrogen (secondary N) is 1. The highest BCUT2D eigenvalue weighted by Crippen LogP contribution is 2.20. The van der Waals surface area contributed by atoms with E-state index in [1.54, 1.807) is 31.4 Å². The van der Waals surface area contributed by atoms with Gasteiger partial charge in [-0.15, -0.1) is 0 Å². The zero-order valence-electron chi connectivity index (χ0n) is 15.9. The lowest BCUT2D eigenvalue weighted by molar-refractivity contribution is -0.121. The van der Waals surface area contributed by atoms with Gasteiger partial charge < -0.3 is 14.6 Å². The first-order valence-corrected chi connectivity index (χ1v) is 8.97. The van der Waals surface area contributed by atoms with Crippen LogP contribution in [0.15, 0.2) is 48.5 Å². The van der Waals surface area contributed by atoms with E-state index in [0.717, 1.165) is 10.9 Å². The highest BCUT2D eigenvalue weighted by Gasteiger charge is 2.10. The molecule has 0 saturated heterocycles. The van der Waals surface area contributed by atoms with Crippen molar-refractivity contribution in [1.82, 2.24) is 9.88 Å². The predicted octanol–water partition coefficient (Wildman–Crippen LogP) is 3.77. The van der Waals surface area contributed by atoms with Gasteiger partial charge in [-0.3, -0.25) is 9.59 Å². The van der Waals surface area contributed by atoms with E-state index < -0.39 is 0 Å². The second-order valence-electron chi connectivity index (χ2n) is 6.67. The number of hydrogen-bond donors (Lipinski definition) is 1. The van der Waals surface area contributed by atoms with Crippen LogP contribution < -0.4 is 10.1 Å². The van der Waals surface area contributed by atoms with Crippen molar-refractivity contribution in [2.75, 3.05) is 7.11 Å². The summed E-state index contributed by atoms with van der Waals surface area (Å²) >= 11 is 0. The number of nitrogens with zero attached hydrogens (tertiary/aromatic N) is 1. The highest BCUT2D eigenvalue weighted by atomic mass is 16.5. The van der Waals surface area contributed by atoms with Crippen LogP contribution in [0.2, 0.25) is 0 Å². The number of Topliss-reactive ketones (excluding diaryl/α,β-unsaturated/α-hetero) is 1. The summed E-state index contributed by atoms with van der Waals surface area (Å²) in [7, 11) is 3.60.